The quantitative estimate of drug-likeness (QED) is 0.781. The Morgan fingerprint density at radius 3 is 3.17 bits per heavy atom. The van der Waals surface area contributed by atoms with Gasteiger partial charge < -0.3 is 0 Å². The minimum atomic E-state index is 0.281. The van der Waals surface area contributed by atoms with Crippen molar-refractivity contribution >= 4 is 17.1 Å². The number of hydrogen-bond acceptors (Lipinski definition) is 4. The Bertz CT molecular complexity index is 417. The van der Waals surface area contributed by atoms with E-state index in [1.807, 2.05) is 17.5 Å². The standard InChI is InChI=1S/C14H20N2OS/c1-11-8-15-6-2-4-12(15)9-16(11)10-13(17)14-5-3-7-18-14/h3,5,7,11-12H,2,4,6,8-10H2,1H3. The molecule has 1 aromatic rings. The van der Waals surface area contributed by atoms with Gasteiger partial charge in [0.1, 0.15) is 0 Å². The maximum atomic E-state index is 12.2. The molecule has 0 aliphatic carbocycles. The number of hydrogen-bond donors (Lipinski definition) is 0. The summed E-state index contributed by atoms with van der Waals surface area (Å²) < 4.78 is 0. The Balaban J connectivity index is 1.64. The smallest absolute Gasteiger partial charge is 0.186 e. The molecule has 0 N–H and O–H groups in total. The summed E-state index contributed by atoms with van der Waals surface area (Å²) in [5.41, 5.74) is 0. The van der Waals surface area contributed by atoms with Crippen molar-refractivity contribution in [2.45, 2.75) is 31.8 Å². The summed E-state index contributed by atoms with van der Waals surface area (Å²) in [6.45, 7) is 6.28. The Morgan fingerprint density at radius 2 is 2.39 bits per heavy atom. The van der Waals surface area contributed by atoms with Crippen molar-refractivity contribution in [1.29, 1.82) is 0 Å². The molecular formula is C14H20N2OS. The zero-order valence-electron chi connectivity index (χ0n) is 10.8. The third kappa shape index (κ3) is 2.37. The molecule has 0 aromatic carbocycles. The molecule has 0 amide bonds. The van der Waals surface area contributed by atoms with Crippen molar-refractivity contribution in [2.75, 3.05) is 26.2 Å². The molecule has 0 saturated carbocycles. The van der Waals surface area contributed by atoms with Gasteiger partial charge in [-0.1, -0.05) is 6.07 Å². The normalized spacial score (nSPS) is 29.4. The van der Waals surface area contributed by atoms with E-state index >= 15 is 0 Å². The van der Waals surface area contributed by atoms with E-state index < -0.39 is 0 Å². The summed E-state index contributed by atoms with van der Waals surface area (Å²) in [6, 6.07) is 5.08. The van der Waals surface area contributed by atoms with Crippen LogP contribution >= 0.6 is 11.3 Å². The first kappa shape index (κ1) is 12.3. The molecule has 0 spiro atoms. The molecule has 18 heavy (non-hydrogen) atoms. The third-order valence-electron chi connectivity index (χ3n) is 4.21. The highest BCUT2D eigenvalue weighted by atomic mass is 32.1. The Hall–Kier alpha value is -0.710. The van der Waals surface area contributed by atoms with Gasteiger partial charge in [0.05, 0.1) is 11.4 Å². The van der Waals surface area contributed by atoms with Crippen molar-refractivity contribution in [2.24, 2.45) is 0 Å². The topological polar surface area (TPSA) is 23.6 Å². The lowest BCUT2D eigenvalue weighted by molar-refractivity contribution is 0.0537. The zero-order valence-corrected chi connectivity index (χ0v) is 11.7. The number of fused-ring (bicyclic) bond motifs is 1. The predicted octanol–water partition coefficient (Wildman–Crippen LogP) is 2.10. The minimum absolute atomic E-state index is 0.281. The fraction of sp³-hybridized carbons (Fsp3) is 0.643. The maximum Gasteiger partial charge on any atom is 0.186 e. The lowest BCUT2D eigenvalue weighted by Gasteiger charge is -2.41. The number of piperazine rings is 1. The number of Topliss-reactive ketones (excluding diaryl/α,β-unsaturated/α-hetero) is 1. The SMILES string of the molecule is CC1CN2CCCC2CN1CC(=O)c1cccs1. The van der Waals surface area contributed by atoms with E-state index in [-0.39, 0.29) is 5.78 Å². The van der Waals surface area contributed by atoms with Crippen LogP contribution in [0.4, 0.5) is 0 Å². The molecule has 2 fully saturated rings. The van der Waals surface area contributed by atoms with E-state index in [0.717, 1.165) is 18.0 Å². The summed E-state index contributed by atoms with van der Waals surface area (Å²) in [6.07, 6.45) is 2.63. The first-order valence-corrected chi connectivity index (χ1v) is 7.67. The van der Waals surface area contributed by atoms with Crippen LogP contribution in [-0.4, -0.2) is 53.8 Å². The van der Waals surface area contributed by atoms with Gasteiger partial charge in [-0.25, -0.2) is 0 Å². The minimum Gasteiger partial charge on any atom is -0.298 e. The van der Waals surface area contributed by atoms with Crippen LogP contribution in [0.5, 0.6) is 0 Å². The monoisotopic (exact) mass is 264 g/mol. The molecule has 0 bridgehead atoms. The van der Waals surface area contributed by atoms with Gasteiger partial charge >= 0.3 is 0 Å². The fourth-order valence-corrected chi connectivity index (χ4v) is 3.82. The second-order valence-corrected chi connectivity index (χ2v) is 6.42. The predicted molar refractivity (Wildman–Crippen MR) is 74.3 cm³/mol. The molecule has 2 aliphatic heterocycles. The molecule has 2 saturated heterocycles. The molecule has 3 nitrogen and oxygen atoms in total. The molecule has 4 heteroatoms. The number of rotatable bonds is 3. The fourth-order valence-electron chi connectivity index (χ4n) is 3.17. The van der Waals surface area contributed by atoms with E-state index in [1.165, 1.54) is 19.4 Å². The number of thiophene rings is 1. The van der Waals surface area contributed by atoms with Gasteiger partial charge in [-0.3, -0.25) is 14.6 Å². The maximum absolute atomic E-state index is 12.2. The van der Waals surface area contributed by atoms with Crippen molar-refractivity contribution in [1.82, 2.24) is 9.80 Å². The molecule has 3 heterocycles. The highest BCUT2D eigenvalue weighted by molar-refractivity contribution is 7.12. The highest BCUT2D eigenvalue weighted by Crippen LogP contribution is 2.24. The Kier molecular flexibility index (Phi) is 3.50. The lowest BCUT2D eigenvalue weighted by atomic mass is 10.1. The zero-order chi connectivity index (χ0) is 12.5. The van der Waals surface area contributed by atoms with Gasteiger partial charge in [-0.2, -0.15) is 0 Å². The van der Waals surface area contributed by atoms with Gasteiger partial charge in [0, 0.05) is 25.2 Å². The van der Waals surface area contributed by atoms with Crippen LogP contribution in [0.15, 0.2) is 17.5 Å². The lowest BCUT2D eigenvalue weighted by Crippen LogP contribution is -2.55. The van der Waals surface area contributed by atoms with Crippen LogP contribution in [0.2, 0.25) is 0 Å². The van der Waals surface area contributed by atoms with E-state index in [4.69, 9.17) is 0 Å². The van der Waals surface area contributed by atoms with Crippen LogP contribution in [-0.2, 0) is 0 Å². The summed E-state index contributed by atoms with van der Waals surface area (Å²) in [7, 11) is 0. The van der Waals surface area contributed by atoms with Gasteiger partial charge in [0.15, 0.2) is 5.78 Å². The van der Waals surface area contributed by atoms with E-state index in [9.17, 15) is 4.79 Å². The van der Waals surface area contributed by atoms with Gasteiger partial charge in [-0.15, -0.1) is 11.3 Å². The van der Waals surface area contributed by atoms with Gasteiger partial charge in [-0.05, 0) is 37.8 Å². The number of carbonyl (C=O) groups is 1. The number of ketones is 1. The first-order valence-electron chi connectivity index (χ1n) is 6.79. The average Bonchev–Trinajstić information content (AvgIpc) is 2.98. The molecule has 3 rings (SSSR count). The molecule has 98 valence electrons. The van der Waals surface area contributed by atoms with Crippen molar-refractivity contribution in [3.8, 4) is 0 Å². The highest BCUT2D eigenvalue weighted by Gasteiger charge is 2.34. The third-order valence-corrected chi connectivity index (χ3v) is 5.12. The van der Waals surface area contributed by atoms with Gasteiger partial charge in [0.2, 0.25) is 0 Å². The molecule has 0 radical (unpaired) electrons. The van der Waals surface area contributed by atoms with Crippen molar-refractivity contribution < 1.29 is 4.79 Å². The molecule has 2 atom stereocenters. The average molecular weight is 264 g/mol. The van der Waals surface area contributed by atoms with Crippen LogP contribution < -0.4 is 0 Å². The van der Waals surface area contributed by atoms with E-state index in [2.05, 4.69) is 16.7 Å². The second kappa shape index (κ2) is 5.11. The Labute approximate surface area is 112 Å². The van der Waals surface area contributed by atoms with Crippen LogP contribution in [0.1, 0.15) is 29.4 Å². The van der Waals surface area contributed by atoms with Crippen LogP contribution in [0, 0.1) is 0 Å². The number of nitrogens with zero attached hydrogens (tertiary/aromatic N) is 2. The summed E-state index contributed by atoms with van der Waals surface area (Å²) in [5.74, 6) is 0.281. The molecular weight excluding hydrogens is 244 g/mol. The van der Waals surface area contributed by atoms with Crippen LogP contribution in [0.25, 0.3) is 0 Å². The van der Waals surface area contributed by atoms with Gasteiger partial charge in [0.25, 0.3) is 0 Å². The van der Waals surface area contributed by atoms with Crippen LogP contribution in [0.3, 0.4) is 0 Å². The Morgan fingerprint density at radius 1 is 1.50 bits per heavy atom. The largest absolute Gasteiger partial charge is 0.298 e. The second-order valence-electron chi connectivity index (χ2n) is 5.47. The van der Waals surface area contributed by atoms with E-state index in [0.29, 0.717) is 18.6 Å². The first-order chi connectivity index (χ1) is 8.74. The van der Waals surface area contributed by atoms with E-state index in [1.54, 1.807) is 11.3 Å². The van der Waals surface area contributed by atoms with Crippen molar-refractivity contribution in [3.05, 3.63) is 22.4 Å². The molecule has 2 unspecified atom stereocenters. The summed E-state index contributed by atoms with van der Waals surface area (Å²) in [5, 5.41) is 1.98. The summed E-state index contributed by atoms with van der Waals surface area (Å²) >= 11 is 1.55. The molecule has 1 aromatic heterocycles. The molecule has 2 aliphatic rings. The van der Waals surface area contributed by atoms with Crippen molar-refractivity contribution in [3.63, 3.8) is 0 Å². The number of carbonyl (C=O) groups excluding carboxylic acids is 1. The summed E-state index contributed by atoms with van der Waals surface area (Å²) in [4.78, 5) is 18.0.